The summed E-state index contributed by atoms with van der Waals surface area (Å²) in [4.78, 5) is 4.43. The van der Waals surface area contributed by atoms with Crippen molar-refractivity contribution in [3.05, 3.63) is 52.8 Å². The molecule has 0 radical (unpaired) electrons. The molecule has 0 bridgehead atoms. The van der Waals surface area contributed by atoms with Gasteiger partial charge in [0.2, 0.25) is 0 Å². The average molecular weight is 275 g/mol. The Morgan fingerprint density at radius 1 is 1.37 bits per heavy atom. The number of fused-ring (bicyclic) bond motifs is 2. The molecule has 1 atom stereocenters. The zero-order valence-electron chi connectivity index (χ0n) is 10.7. The first-order valence-corrected chi connectivity index (χ1v) is 6.71. The minimum atomic E-state index is 0.315. The first kappa shape index (κ1) is 12.5. The molecule has 0 fully saturated rings. The van der Waals surface area contributed by atoms with E-state index >= 15 is 0 Å². The maximum atomic E-state index is 6.12. The Hall–Kier alpha value is -1.58. The number of likely N-dealkylation sites (N-methyl/N-ethyl adjacent to an activating group) is 1. The summed E-state index contributed by atoms with van der Waals surface area (Å²) in [5, 5.41) is 3.97. The van der Waals surface area contributed by atoms with Crippen LogP contribution < -0.4 is 10.1 Å². The second kappa shape index (κ2) is 5.19. The van der Waals surface area contributed by atoms with Crippen LogP contribution in [0.2, 0.25) is 5.02 Å². The van der Waals surface area contributed by atoms with Gasteiger partial charge in [-0.05, 0) is 37.4 Å². The molecule has 0 saturated carbocycles. The molecule has 1 aliphatic rings. The van der Waals surface area contributed by atoms with Crippen molar-refractivity contribution in [2.24, 2.45) is 0 Å². The van der Waals surface area contributed by atoms with Gasteiger partial charge in [0.1, 0.15) is 11.5 Å². The predicted octanol–water partition coefficient (Wildman–Crippen LogP) is 3.39. The molecule has 3 rings (SSSR count). The van der Waals surface area contributed by atoms with Crippen molar-refractivity contribution in [2.75, 3.05) is 13.6 Å². The maximum Gasteiger partial charge on any atom is 0.148 e. The molecule has 2 aromatic rings. The van der Waals surface area contributed by atoms with Gasteiger partial charge in [0, 0.05) is 35.7 Å². The van der Waals surface area contributed by atoms with Crippen molar-refractivity contribution in [3.8, 4) is 11.5 Å². The van der Waals surface area contributed by atoms with Crippen molar-refractivity contribution in [3.63, 3.8) is 0 Å². The van der Waals surface area contributed by atoms with Gasteiger partial charge in [-0.2, -0.15) is 0 Å². The number of aromatic nitrogens is 1. The lowest BCUT2D eigenvalue weighted by atomic mass is 9.94. The van der Waals surface area contributed by atoms with Crippen LogP contribution in [0.4, 0.5) is 0 Å². The van der Waals surface area contributed by atoms with E-state index < -0.39 is 0 Å². The van der Waals surface area contributed by atoms with E-state index in [4.69, 9.17) is 16.3 Å². The van der Waals surface area contributed by atoms with Crippen LogP contribution in [0.1, 0.15) is 17.2 Å². The Labute approximate surface area is 117 Å². The molecule has 0 saturated heterocycles. The van der Waals surface area contributed by atoms with Crippen LogP contribution in [0, 0.1) is 0 Å². The van der Waals surface area contributed by atoms with Gasteiger partial charge in [-0.3, -0.25) is 4.98 Å². The fourth-order valence-corrected chi connectivity index (χ4v) is 2.67. The summed E-state index contributed by atoms with van der Waals surface area (Å²) in [7, 11) is 1.95. The van der Waals surface area contributed by atoms with Gasteiger partial charge in [-0.15, -0.1) is 0 Å². The molecule has 1 aliphatic heterocycles. The molecule has 0 spiro atoms. The fourth-order valence-electron chi connectivity index (χ4n) is 2.49. The SMILES string of the molecule is CNCC1Cc2ncccc2Oc2ccc(Cl)cc21. The van der Waals surface area contributed by atoms with Gasteiger partial charge >= 0.3 is 0 Å². The third-order valence-electron chi connectivity index (χ3n) is 3.37. The highest BCUT2D eigenvalue weighted by molar-refractivity contribution is 6.30. The highest BCUT2D eigenvalue weighted by Gasteiger charge is 2.23. The first-order chi connectivity index (χ1) is 9.28. The van der Waals surface area contributed by atoms with E-state index in [1.165, 1.54) is 0 Å². The van der Waals surface area contributed by atoms with Gasteiger partial charge in [-0.1, -0.05) is 11.6 Å². The molecule has 1 aromatic carbocycles. The number of halogens is 1. The van der Waals surface area contributed by atoms with Crippen molar-refractivity contribution in [2.45, 2.75) is 12.3 Å². The van der Waals surface area contributed by atoms with Crippen LogP contribution in [0.15, 0.2) is 36.5 Å². The van der Waals surface area contributed by atoms with E-state index in [2.05, 4.69) is 10.3 Å². The Kier molecular flexibility index (Phi) is 3.40. The topological polar surface area (TPSA) is 34.2 Å². The molecule has 2 heterocycles. The number of rotatable bonds is 2. The van der Waals surface area contributed by atoms with Crippen LogP contribution in [0.25, 0.3) is 0 Å². The Bertz CT molecular complexity index is 600. The van der Waals surface area contributed by atoms with E-state index in [0.717, 1.165) is 40.7 Å². The van der Waals surface area contributed by atoms with Crippen LogP contribution in [0.5, 0.6) is 11.5 Å². The molecule has 3 nitrogen and oxygen atoms in total. The molecule has 4 heteroatoms. The quantitative estimate of drug-likeness (QED) is 0.911. The van der Waals surface area contributed by atoms with E-state index in [-0.39, 0.29) is 0 Å². The van der Waals surface area contributed by atoms with Crippen molar-refractivity contribution >= 4 is 11.6 Å². The monoisotopic (exact) mass is 274 g/mol. The van der Waals surface area contributed by atoms with Gasteiger partial charge in [0.25, 0.3) is 0 Å². The molecular weight excluding hydrogens is 260 g/mol. The van der Waals surface area contributed by atoms with Crippen LogP contribution >= 0.6 is 11.6 Å². The zero-order valence-corrected chi connectivity index (χ0v) is 11.4. The predicted molar refractivity (Wildman–Crippen MR) is 76.1 cm³/mol. The van der Waals surface area contributed by atoms with Crippen LogP contribution in [-0.4, -0.2) is 18.6 Å². The summed E-state index contributed by atoms with van der Waals surface area (Å²) < 4.78 is 5.99. The highest BCUT2D eigenvalue weighted by atomic mass is 35.5. The largest absolute Gasteiger partial charge is 0.455 e. The second-order valence-corrected chi connectivity index (χ2v) is 5.13. The summed E-state index contributed by atoms with van der Waals surface area (Å²) in [5.41, 5.74) is 2.13. The maximum absolute atomic E-state index is 6.12. The molecule has 1 unspecified atom stereocenters. The molecular formula is C15H15ClN2O. The Balaban J connectivity index is 2.10. The summed E-state index contributed by atoms with van der Waals surface area (Å²) >= 11 is 6.12. The minimum Gasteiger partial charge on any atom is -0.455 e. The van der Waals surface area contributed by atoms with Crippen molar-refractivity contribution < 1.29 is 4.74 Å². The number of pyridine rings is 1. The first-order valence-electron chi connectivity index (χ1n) is 6.33. The third-order valence-corrected chi connectivity index (χ3v) is 3.61. The Morgan fingerprint density at radius 3 is 3.11 bits per heavy atom. The molecule has 0 amide bonds. The van der Waals surface area contributed by atoms with Crippen LogP contribution in [0.3, 0.4) is 0 Å². The second-order valence-electron chi connectivity index (χ2n) is 4.69. The van der Waals surface area contributed by atoms with Gasteiger partial charge in [0.05, 0.1) is 5.69 Å². The number of hydrogen-bond donors (Lipinski definition) is 1. The lowest BCUT2D eigenvalue weighted by Crippen LogP contribution is -2.19. The average Bonchev–Trinajstić information content (AvgIpc) is 2.56. The summed E-state index contributed by atoms with van der Waals surface area (Å²) in [6, 6.07) is 9.64. The van der Waals surface area contributed by atoms with E-state index in [0.29, 0.717) is 5.92 Å². The summed E-state index contributed by atoms with van der Waals surface area (Å²) in [6.07, 6.45) is 2.66. The zero-order chi connectivity index (χ0) is 13.2. The minimum absolute atomic E-state index is 0.315. The molecule has 98 valence electrons. The lowest BCUT2D eigenvalue weighted by molar-refractivity contribution is 0.475. The smallest absolute Gasteiger partial charge is 0.148 e. The summed E-state index contributed by atoms with van der Waals surface area (Å²) in [5.74, 6) is 2.02. The van der Waals surface area contributed by atoms with E-state index in [9.17, 15) is 0 Å². The Morgan fingerprint density at radius 2 is 2.26 bits per heavy atom. The fraction of sp³-hybridized carbons (Fsp3) is 0.267. The molecule has 1 aromatic heterocycles. The van der Waals surface area contributed by atoms with Crippen LogP contribution in [-0.2, 0) is 6.42 Å². The number of hydrogen-bond acceptors (Lipinski definition) is 3. The van der Waals surface area contributed by atoms with Gasteiger partial charge < -0.3 is 10.1 Å². The van der Waals surface area contributed by atoms with Crippen molar-refractivity contribution in [1.82, 2.24) is 10.3 Å². The molecule has 0 aliphatic carbocycles. The highest BCUT2D eigenvalue weighted by Crippen LogP contribution is 2.39. The summed E-state index contributed by atoms with van der Waals surface area (Å²) in [6.45, 7) is 0.868. The van der Waals surface area contributed by atoms with E-state index in [1.807, 2.05) is 43.6 Å². The number of ether oxygens (including phenoxy) is 1. The molecule has 19 heavy (non-hydrogen) atoms. The number of nitrogens with zero attached hydrogens (tertiary/aromatic N) is 1. The normalized spacial score (nSPS) is 17.1. The van der Waals surface area contributed by atoms with Gasteiger partial charge in [0.15, 0.2) is 0 Å². The molecule has 1 N–H and O–H groups in total. The van der Waals surface area contributed by atoms with Gasteiger partial charge in [-0.25, -0.2) is 0 Å². The number of nitrogens with one attached hydrogen (secondary N) is 1. The van der Waals surface area contributed by atoms with Crippen molar-refractivity contribution in [1.29, 1.82) is 0 Å². The lowest BCUT2D eigenvalue weighted by Gasteiger charge is -2.16. The van der Waals surface area contributed by atoms with E-state index in [1.54, 1.807) is 0 Å². The number of benzene rings is 1. The standard InChI is InChI=1S/C15H15ClN2O/c1-17-9-10-7-13-15(3-2-6-18-13)19-14-5-4-11(16)8-12(10)14/h2-6,8,10,17H,7,9H2,1H3. The third kappa shape index (κ3) is 2.44.